The van der Waals surface area contributed by atoms with E-state index in [1.807, 2.05) is 0 Å². The number of ether oxygens (including phenoxy) is 1. The van der Waals surface area contributed by atoms with E-state index in [0.29, 0.717) is 0 Å². The predicted octanol–water partition coefficient (Wildman–Crippen LogP) is 3.03. The highest BCUT2D eigenvalue weighted by Gasteiger charge is 2.54. The molecular formula is C14H24F3NO2. The van der Waals surface area contributed by atoms with Crippen molar-refractivity contribution in [1.29, 1.82) is 0 Å². The highest BCUT2D eigenvalue weighted by molar-refractivity contribution is 5.91. The standard InChI is InChI=1S/C14H24F3NO2/c1-9(2)18(8-14(15,16)17)7-10-11(19)13(5,6)20-12(10,3)4/h9-10H,7-8H2,1-6H3. The van der Waals surface area contributed by atoms with Crippen molar-refractivity contribution >= 4 is 5.78 Å². The lowest BCUT2D eigenvalue weighted by molar-refractivity contribution is -0.153. The zero-order valence-corrected chi connectivity index (χ0v) is 13.0. The molecule has 0 aliphatic carbocycles. The lowest BCUT2D eigenvalue weighted by Crippen LogP contribution is -2.47. The Kier molecular flexibility index (Phi) is 4.62. The van der Waals surface area contributed by atoms with Crippen LogP contribution in [0.2, 0.25) is 0 Å². The normalized spacial score (nSPS) is 25.8. The maximum atomic E-state index is 12.6. The van der Waals surface area contributed by atoms with Crippen LogP contribution >= 0.6 is 0 Å². The minimum atomic E-state index is -4.27. The van der Waals surface area contributed by atoms with Crippen LogP contribution in [-0.4, -0.2) is 47.2 Å². The first-order valence-electron chi connectivity index (χ1n) is 6.81. The van der Waals surface area contributed by atoms with Gasteiger partial charge in [-0.25, -0.2) is 0 Å². The molecule has 0 spiro atoms. The molecule has 1 saturated heterocycles. The number of alkyl halides is 3. The number of rotatable bonds is 4. The molecule has 1 fully saturated rings. The maximum Gasteiger partial charge on any atom is 0.401 e. The third-order valence-corrected chi connectivity index (χ3v) is 3.80. The van der Waals surface area contributed by atoms with Crippen LogP contribution in [0.3, 0.4) is 0 Å². The molecule has 20 heavy (non-hydrogen) atoms. The molecule has 0 bridgehead atoms. The molecule has 1 aliphatic rings. The highest BCUT2D eigenvalue weighted by atomic mass is 19.4. The third kappa shape index (κ3) is 3.95. The van der Waals surface area contributed by atoms with Gasteiger partial charge < -0.3 is 4.74 Å². The van der Waals surface area contributed by atoms with E-state index in [-0.39, 0.29) is 18.4 Å². The molecule has 1 unspecified atom stereocenters. The first-order valence-corrected chi connectivity index (χ1v) is 6.81. The van der Waals surface area contributed by atoms with Gasteiger partial charge in [-0.05, 0) is 41.5 Å². The number of carbonyl (C=O) groups excluding carboxylic acids is 1. The summed E-state index contributed by atoms with van der Waals surface area (Å²) in [4.78, 5) is 13.6. The van der Waals surface area contributed by atoms with Crippen molar-refractivity contribution in [2.24, 2.45) is 5.92 Å². The number of hydrogen-bond donors (Lipinski definition) is 0. The van der Waals surface area contributed by atoms with Crippen LogP contribution < -0.4 is 0 Å². The number of hydrogen-bond acceptors (Lipinski definition) is 3. The van der Waals surface area contributed by atoms with Gasteiger partial charge in [-0.15, -0.1) is 0 Å². The van der Waals surface area contributed by atoms with E-state index in [1.165, 1.54) is 4.90 Å². The Bertz CT molecular complexity index is 375. The highest BCUT2D eigenvalue weighted by Crippen LogP contribution is 2.40. The molecule has 0 aromatic carbocycles. The number of ketones is 1. The summed E-state index contributed by atoms with van der Waals surface area (Å²) in [5, 5.41) is 0. The lowest BCUT2D eigenvalue weighted by Gasteiger charge is -2.33. The van der Waals surface area contributed by atoms with Gasteiger partial charge in [-0.3, -0.25) is 9.69 Å². The van der Waals surface area contributed by atoms with E-state index in [4.69, 9.17) is 4.74 Å². The number of Topliss-reactive ketones (excluding diaryl/α,β-unsaturated/α-hetero) is 1. The molecule has 0 amide bonds. The van der Waals surface area contributed by atoms with Crippen molar-refractivity contribution < 1.29 is 22.7 Å². The van der Waals surface area contributed by atoms with Crippen LogP contribution in [0.5, 0.6) is 0 Å². The average Bonchev–Trinajstić information content (AvgIpc) is 2.32. The average molecular weight is 295 g/mol. The van der Waals surface area contributed by atoms with Gasteiger partial charge in [0, 0.05) is 12.6 Å². The molecular weight excluding hydrogens is 271 g/mol. The Hall–Kier alpha value is -0.620. The molecule has 1 atom stereocenters. The van der Waals surface area contributed by atoms with Crippen LogP contribution in [0.15, 0.2) is 0 Å². The number of nitrogens with zero attached hydrogens (tertiary/aromatic N) is 1. The van der Waals surface area contributed by atoms with Crippen LogP contribution in [0.4, 0.5) is 13.2 Å². The fourth-order valence-electron chi connectivity index (χ4n) is 2.74. The minimum Gasteiger partial charge on any atom is -0.361 e. The Morgan fingerprint density at radius 2 is 1.75 bits per heavy atom. The Labute approximate surface area is 118 Å². The molecule has 0 aromatic heterocycles. The molecule has 118 valence electrons. The molecule has 1 heterocycles. The lowest BCUT2D eigenvalue weighted by atomic mass is 9.85. The van der Waals surface area contributed by atoms with Crippen molar-refractivity contribution in [2.45, 2.75) is 65.0 Å². The molecule has 0 radical (unpaired) electrons. The van der Waals surface area contributed by atoms with E-state index in [9.17, 15) is 18.0 Å². The van der Waals surface area contributed by atoms with Gasteiger partial charge in [0.2, 0.25) is 0 Å². The number of halogens is 3. The predicted molar refractivity (Wildman–Crippen MR) is 70.5 cm³/mol. The summed E-state index contributed by atoms with van der Waals surface area (Å²) in [5.74, 6) is -0.683. The fraction of sp³-hybridized carbons (Fsp3) is 0.929. The second-order valence-corrected chi connectivity index (χ2v) is 6.77. The molecule has 0 saturated carbocycles. The molecule has 1 rings (SSSR count). The van der Waals surface area contributed by atoms with Crippen molar-refractivity contribution in [2.75, 3.05) is 13.1 Å². The van der Waals surface area contributed by atoms with Gasteiger partial charge in [-0.2, -0.15) is 13.2 Å². The Morgan fingerprint density at radius 1 is 1.25 bits per heavy atom. The third-order valence-electron chi connectivity index (χ3n) is 3.80. The van der Waals surface area contributed by atoms with Gasteiger partial charge >= 0.3 is 6.18 Å². The van der Waals surface area contributed by atoms with Crippen molar-refractivity contribution in [1.82, 2.24) is 4.90 Å². The summed E-state index contributed by atoms with van der Waals surface area (Å²) in [6.45, 7) is 9.31. The fourth-order valence-corrected chi connectivity index (χ4v) is 2.74. The van der Waals surface area contributed by atoms with Crippen molar-refractivity contribution in [3.63, 3.8) is 0 Å². The second-order valence-electron chi connectivity index (χ2n) is 6.77. The largest absolute Gasteiger partial charge is 0.401 e. The summed E-state index contributed by atoms with van der Waals surface area (Å²) in [5.41, 5.74) is -1.69. The van der Waals surface area contributed by atoms with E-state index >= 15 is 0 Å². The Balaban J connectivity index is 2.91. The van der Waals surface area contributed by atoms with Crippen LogP contribution in [-0.2, 0) is 9.53 Å². The van der Waals surface area contributed by atoms with Crippen LogP contribution in [0.25, 0.3) is 0 Å². The SMILES string of the molecule is CC(C)N(CC1C(=O)C(C)(C)OC1(C)C)CC(F)(F)F. The molecule has 6 heteroatoms. The van der Waals surface area contributed by atoms with Gasteiger partial charge in [0.25, 0.3) is 0 Å². The zero-order valence-electron chi connectivity index (χ0n) is 13.0. The molecule has 0 N–H and O–H groups in total. The molecule has 1 aliphatic heterocycles. The summed E-state index contributed by atoms with van der Waals surface area (Å²) < 4.78 is 43.6. The van der Waals surface area contributed by atoms with Gasteiger partial charge in [-0.1, -0.05) is 0 Å². The first kappa shape index (κ1) is 17.4. The van der Waals surface area contributed by atoms with E-state index in [2.05, 4.69) is 0 Å². The van der Waals surface area contributed by atoms with E-state index < -0.39 is 29.8 Å². The van der Waals surface area contributed by atoms with E-state index in [1.54, 1.807) is 41.5 Å². The van der Waals surface area contributed by atoms with Crippen molar-refractivity contribution in [3.05, 3.63) is 0 Å². The quantitative estimate of drug-likeness (QED) is 0.798. The summed E-state index contributed by atoms with van der Waals surface area (Å²) in [7, 11) is 0. The second kappa shape index (κ2) is 5.30. The van der Waals surface area contributed by atoms with Crippen LogP contribution in [0.1, 0.15) is 41.5 Å². The Morgan fingerprint density at radius 3 is 2.05 bits per heavy atom. The summed E-state index contributed by atoms with van der Waals surface area (Å²) in [6.07, 6.45) is -4.27. The van der Waals surface area contributed by atoms with Gasteiger partial charge in [0.1, 0.15) is 5.60 Å². The van der Waals surface area contributed by atoms with Crippen LogP contribution in [0, 0.1) is 5.92 Å². The topological polar surface area (TPSA) is 29.5 Å². The maximum absolute atomic E-state index is 12.6. The van der Waals surface area contributed by atoms with E-state index in [0.717, 1.165) is 0 Å². The molecule has 3 nitrogen and oxygen atoms in total. The number of carbonyl (C=O) groups is 1. The summed E-state index contributed by atoms with van der Waals surface area (Å²) >= 11 is 0. The zero-order chi connectivity index (χ0) is 15.9. The van der Waals surface area contributed by atoms with Crippen molar-refractivity contribution in [3.8, 4) is 0 Å². The van der Waals surface area contributed by atoms with Gasteiger partial charge in [0.05, 0.1) is 18.1 Å². The molecule has 0 aromatic rings. The smallest absolute Gasteiger partial charge is 0.361 e. The first-order chi connectivity index (χ1) is 8.76. The van der Waals surface area contributed by atoms with Gasteiger partial charge in [0.15, 0.2) is 5.78 Å². The summed E-state index contributed by atoms with van der Waals surface area (Å²) in [6, 6.07) is -0.288. The monoisotopic (exact) mass is 295 g/mol. The minimum absolute atomic E-state index is 0.0619.